The molecule has 1 aromatic carbocycles. The molecule has 0 spiro atoms. The SMILES string of the molecule is CC[C@H](C)NC(=O)[C@@H](CC)Oc1ccccc1Cl. The van der Waals surface area contributed by atoms with Crippen LogP contribution in [-0.2, 0) is 4.79 Å². The molecule has 0 saturated carbocycles. The second-order valence-electron chi connectivity index (χ2n) is 4.26. The molecule has 0 unspecified atom stereocenters. The Morgan fingerprint density at radius 1 is 1.33 bits per heavy atom. The van der Waals surface area contributed by atoms with E-state index in [2.05, 4.69) is 5.32 Å². The number of halogens is 1. The van der Waals surface area contributed by atoms with E-state index in [-0.39, 0.29) is 11.9 Å². The normalized spacial score (nSPS) is 13.8. The van der Waals surface area contributed by atoms with Crippen molar-refractivity contribution in [1.82, 2.24) is 5.32 Å². The van der Waals surface area contributed by atoms with Crippen LogP contribution >= 0.6 is 11.6 Å². The summed E-state index contributed by atoms with van der Waals surface area (Å²) in [6, 6.07) is 7.33. The molecule has 2 atom stereocenters. The number of amides is 1. The fraction of sp³-hybridized carbons (Fsp3) is 0.500. The topological polar surface area (TPSA) is 38.3 Å². The van der Waals surface area contributed by atoms with Gasteiger partial charge in [0.05, 0.1) is 5.02 Å². The van der Waals surface area contributed by atoms with Crippen molar-refractivity contribution in [3.8, 4) is 5.75 Å². The zero-order valence-corrected chi connectivity index (χ0v) is 11.8. The first-order valence-corrected chi connectivity index (χ1v) is 6.67. The standard InChI is InChI=1S/C14H20ClNO2/c1-4-10(3)16-14(17)12(5-2)18-13-9-7-6-8-11(13)15/h6-10,12H,4-5H2,1-3H3,(H,16,17)/t10-,12+/m0/s1. The summed E-state index contributed by atoms with van der Waals surface area (Å²) in [5, 5.41) is 3.43. The van der Waals surface area contributed by atoms with Crippen molar-refractivity contribution in [2.45, 2.75) is 45.8 Å². The van der Waals surface area contributed by atoms with Gasteiger partial charge in [-0.05, 0) is 31.9 Å². The fourth-order valence-corrected chi connectivity index (χ4v) is 1.63. The largest absolute Gasteiger partial charge is 0.479 e. The van der Waals surface area contributed by atoms with Crippen molar-refractivity contribution in [1.29, 1.82) is 0 Å². The van der Waals surface area contributed by atoms with E-state index in [9.17, 15) is 4.79 Å². The molecule has 0 saturated heterocycles. The van der Waals surface area contributed by atoms with Crippen molar-refractivity contribution < 1.29 is 9.53 Å². The van der Waals surface area contributed by atoms with E-state index in [1.54, 1.807) is 12.1 Å². The number of nitrogens with one attached hydrogen (secondary N) is 1. The molecule has 0 aromatic heterocycles. The number of para-hydroxylation sites is 1. The molecule has 1 rings (SSSR count). The lowest BCUT2D eigenvalue weighted by atomic mass is 10.2. The highest BCUT2D eigenvalue weighted by molar-refractivity contribution is 6.32. The minimum absolute atomic E-state index is 0.0910. The first kappa shape index (κ1) is 14.8. The first-order chi connectivity index (χ1) is 8.58. The van der Waals surface area contributed by atoms with Gasteiger partial charge in [0.25, 0.3) is 5.91 Å². The molecule has 18 heavy (non-hydrogen) atoms. The van der Waals surface area contributed by atoms with Crippen LogP contribution < -0.4 is 10.1 Å². The number of benzene rings is 1. The molecule has 3 nitrogen and oxygen atoms in total. The molecule has 0 aliphatic carbocycles. The molecular weight excluding hydrogens is 250 g/mol. The lowest BCUT2D eigenvalue weighted by molar-refractivity contribution is -0.128. The number of hydrogen-bond donors (Lipinski definition) is 1. The zero-order chi connectivity index (χ0) is 13.5. The van der Waals surface area contributed by atoms with E-state index >= 15 is 0 Å². The lowest BCUT2D eigenvalue weighted by Gasteiger charge is -2.20. The predicted octanol–water partition coefficient (Wildman–Crippen LogP) is 3.41. The maximum atomic E-state index is 12.0. The van der Waals surface area contributed by atoms with Crippen LogP contribution in [0.25, 0.3) is 0 Å². The second kappa shape index (κ2) is 7.27. The van der Waals surface area contributed by atoms with Crippen molar-refractivity contribution in [2.24, 2.45) is 0 Å². The molecule has 0 radical (unpaired) electrons. The van der Waals surface area contributed by atoms with Crippen LogP contribution in [0.2, 0.25) is 5.02 Å². The molecule has 100 valence electrons. The van der Waals surface area contributed by atoms with Gasteiger partial charge in [-0.15, -0.1) is 0 Å². The first-order valence-electron chi connectivity index (χ1n) is 6.30. The Labute approximate surface area is 113 Å². The van der Waals surface area contributed by atoms with Crippen LogP contribution in [0.1, 0.15) is 33.6 Å². The Hall–Kier alpha value is -1.22. The third-order valence-corrected chi connectivity index (χ3v) is 3.08. The molecule has 4 heteroatoms. The Kier molecular flexibility index (Phi) is 5.99. The van der Waals surface area contributed by atoms with Crippen LogP contribution in [0.4, 0.5) is 0 Å². The number of hydrogen-bond acceptors (Lipinski definition) is 2. The summed E-state index contributed by atoms with van der Waals surface area (Å²) in [6.45, 7) is 5.92. The molecule has 0 heterocycles. The van der Waals surface area contributed by atoms with E-state index in [0.717, 1.165) is 6.42 Å². The molecule has 0 bridgehead atoms. The van der Waals surface area contributed by atoms with E-state index in [4.69, 9.17) is 16.3 Å². The minimum Gasteiger partial charge on any atom is -0.479 e. The predicted molar refractivity (Wildman–Crippen MR) is 74.1 cm³/mol. The van der Waals surface area contributed by atoms with E-state index < -0.39 is 6.10 Å². The van der Waals surface area contributed by atoms with Gasteiger partial charge in [-0.25, -0.2) is 0 Å². The minimum atomic E-state index is -0.501. The van der Waals surface area contributed by atoms with Crippen molar-refractivity contribution in [2.75, 3.05) is 0 Å². The maximum Gasteiger partial charge on any atom is 0.261 e. The summed E-state index contributed by atoms with van der Waals surface area (Å²) < 4.78 is 5.66. The van der Waals surface area contributed by atoms with Gasteiger partial charge in [0.1, 0.15) is 5.75 Å². The monoisotopic (exact) mass is 269 g/mol. The average molecular weight is 270 g/mol. The van der Waals surface area contributed by atoms with Crippen molar-refractivity contribution in [3.63, 3.8) is 0 Å². The van der Waals surface area contributed by atoms with Crippen molar-refractivity contribution in [3.05, 3.63) is 29.3 Å². The van der Waals surface area contributed by atoms with Gasteiger partial charge in [0, 0.05) is 6.04 Å². The highest BCUT2D eigenvalue weighted by Gasteiger charge is 2.20. The molecule has 1 aromatic rings. The van der Waals surface area contributed by atoms with E-state index in [0.29, 0.717) is 17.2 Å². The van der Waals surface area contributed by atoms with Gasteiger partial charge in [0.15, 0.2) is 6.10 Å². The number of ether oxygens (including phenoxy) is 1. The molecule has 1 N–H and O–H groups in total. The summed E-state index contributed by atoms with van der Waals surface area (Å²) in [5.41, 5.74) is 0. The van der Waals surface area contributed by atoms with Gasteiger partial charge < -0.3 is 10.1 Å². The Morgan fingerprint density at radius 3 is 2.56 bits per heavy atom. The molecule has 0 aliphatic heterocycles. The molecule has 0 aliphatic rings. The molecule has 1 amide bonds. The quantitative estimate of drug-likeness (QED) is 0.859. The summed E-state index contributed by atoms with van der Waals surface area (Å²) >= 11 is 6.01. The van der Waals surface area contributed by atoms with Crippen LogP contribution in [0.15, 0.2) is 24.3 Å². The fourth-order valence-electron chi connectivity index (χ4n) is 1.45. The second-order valence-corrected chi connectivity index (χ2v) is 4.67. The van der Waals surface area contributed by atoms with E-state index in [1.807, 2.05) is 32.9 Å². The smallest absolute Gasteiger partial charge is 0.261 e. The highest BCUT2D eigenvalue weighted by atomic mass is 35.5. The van der Waals surface area contributed by atoms with Crippen LogP contribution in [0, 0.1) is 0 Å². The molecular formula is C14H20ClNO2. The van der Waals surface area contributed by atoms with Gasteiger partial charge in [-0.2, -0.15) is 0 Å². The maximum absolute atomic E-state index is 12.0. The van der Waals surface area contributed by atoms with Crippen LogP contribution in [-0.4, -0.2) is 18.1 Å². The average Bonchev–Trinajstić information content (AvgIpc) is 2.37. The number of carbonyl (C=O) groups excluding carboxylic acids is 1. The van der Waals surface area contributed by atoms with E-state index in [1.165, 1.54) is 0 Å². The summed E-state index contributed by atoms with van der Waals surface area (Å²) in [4.78, 5) is 12.0. The summed E-state index contributed by atoms with van der Waals surface area (Å²) in [5.74, 6) is 0.456. The summed E-state index contributed by atoms with van der Waals surface area (Å²) in [6.07, 6.45) is 1.00. The van der Waals surface area contributed by atoms with Gasteiger partial charge in [0.2, 0.25) is 0 Å². The Morgan fingerprint density at radius 2 is 2.00 bits per heavy atom. The van der Waals surface area contributed by atoms with Crippen LogP contribution in [0.3, 0.4) is 0 Å². The molecule has 0 fully saturated rings. The number of rotatable bonds is 6. The van der Waals surface area contributed by atoms with Gasteiger partial charge in [-0.3, -0.25) is 4.79 Å². The Balaban J connectivity index is 2.67. The third kappa shape index (κ3) is 4.22. The highest BCUT2D eigenvalue weighted by Crippen LogP contribution is 2.24. The Bertz CT molecular complexity index is 395. The van der Waals surface area contributed by atoms with Gasteiger partial charge in [-0.1, -0.05) is 37.6 Å². The zero-order valence-electron chi connectivity index (χ0n) is 11.1. The lowest BCUT2D eigenvalue weighted by Crippen LogP contribution is -2.42. The summed E-state index contributed by atoms with van der Waals surface area (Å²) in [7, 11) is 0. The van der Waals surface area contributed by atoms with Gasteiger partial charge >= 0.3 is 0 Å². The number of carbonyl (C=O) groups is 1. The van der Waals surface area contributed by atoms with Crippen molar-refractivity contribution >= 4 is 17.5 Å². The van der Waals surface area contributed by atoms with Crippen LogP contribution in [0.5, 0.6) is 5.75 Å². The third-order valence-electron chi connectivity index (χ3n) is 2.77.